The zero-order valence-electron chi connectivity index (χ0n) is 8.32. The third-order valence-corrected chi connectivity index (χ3v) is 3.30. The van der Waals surface area contributed by atoms with Crippen molar-refractivity contribution in [3.63, 3.8) is 0 Å². The van der Waals surface area contributed by atoms with E-state index < -0.39 is 0 Å². The molecule has 0 aliphatic carbocycles. The van der Waals surface area contributed by atoms with Gasteiger partial charge in [-0.3, -0.25) is 0 Å². The zero-order chi connectivity index (χ0) is 9.24. The lowest BCUT2D eigenvalue weighted by Gasteiger charge is -2.33. The maximum atomic E-state index is 5.82. The van der Waals surface area contributed by atoms with Gasteiger partial charge in [0.05, 0.1) is 5.60 Å². The summed E-state index contributed by atoms with van der Waals surface area (Å²) in [4.78, 5) is 0. The zero-order valence-corrected chi connectivity index (χ0v) is 9.91. The number of hydrogen-bond acceptors (Lipinski definition) is 1. The van der Waals surface area contributed by atoms with Gasteiger partial charge >= 0.3 is 0 Å². The molecule has 0 saturated carbocycles. The van der Waals surface area contributed by atoms with Gasteiger partial charge in [0.1, 0.15) is 0 Å². The second-order valence-electron chi connectivity index (χ2n) is 5.01. The molecule has 1 rings (SSSR count). The van der Waals surface area contributed by atoms with Gasteiger partial charge in [-0.05, 0) is 24.7 Å². The Balaban J connectivity index is 2.55. The molecule has 1 unspecified atom stereocenters. The number of ether oxygens (including phenoxy) is 1. The Morgan fingerprint density at radius 2 is 2.08 bits per heavy atom. The first kappa shape index (κ1) is 10.5. The van der Waals surface area contributed by atoms with Gasteiger partial charge in [0.25, 0.3) is 0 Å². The Morgan fingerprint density at radius 3 is 2.42 bits per heavy atom. The lowest BCUT2D eigenvalue weighted by atomic mass is 9.81. The fourth-order valence-corrected chi connectivity index (χ4v) is 2.65. The third kappa shape index (κ3) is 2.74. The number of rotatable bonds is 2. The highest BCUT2D eigenvalue weighted by Crippen LogP contribution is 2.38. The highest BCUT2D eigenvalue weighted by Gasteiger charge is 2.37. The molecule has 0 N–H and O–H groups in total. The lowest BCUT2D eigenvalue weighted by molar-refractivity contribution is -0.00580. The summed E-state index contributed by atoms with van der Waals surface area (Å²) in [5, 5.41) is 0.983. The summed E-state index contributed by atoms with van der Waals surface area (Å²) < 4.78 is 5.82. The molecule has 0 aromatic carbocycles. The second kappa shape index (κ2) is 3.67. The molecule has 0 spiro atoms. The predicted molar refractivity (Wildman–Crippen MR) is 55.8 cm³/mol. The summed E-state index contributed by atoms with van der Waals surface area (Å²) in [5.41, 5.74) is 0.510. The van der Waals surface area contributed by atoms with Gasteiger partial charge in [-0.2, -0.15) is 0 Å². The van der Waals surface area contributed by atoms with E-state index in [0.29, 0.717) is 5.41 Å². The van der Waals surface area contributed by atoms with E-state index in [4.69, 9.17) is 4.74 Å². The highest BCUT2D eigenvalue weighted by atomic mass is 79.9. The lowest BCUT2D eigenvalue weighted by Crippen LogP contribution is -2.34. The molecule has 1 nitrogen and oxygen atoms in total. The molecule has 0 amide bonds. The second-order valence-corrected chi connectivity index (χ2v) is 5.57. The molecule has 72 valence electrons. The molecular weight excluding hydrogens is 216 g/mol. The van der Waals surface area contributed by atoms with Crippen LogP contribution < -0.4 is 0 Å². The van der Waals surface area contributed by atoms with Crippen molar-refractivity contribution in [1.29, 1.82) is 0 Å². The van der Waals surface area contributed by atoms with Crippen LogP contribution in [0.3, 0.4) is 0 Å². The van der Waals surface area contributed by atoms with Crippen LogP contribution in [-0.2, 0) is 4.74 Å². The molecular formula is C10H19BrO. The van der Waals surface area contributed by atoms with Crippen molar-refractivity contribution in [3.8, 4) is 0 Å². The van der Waals surface area contributed by atoms with Crippen LogP contribution >= 0.6 is 15.9 Å². The maximum absolute atomic E-state index is 5.82. The van der Waals surface area contributed by atoms with Crippen LogP contribution in [0, 0.1) is 5.41 Å². The van der Waals surface area contributed by atoms with E-state index in [2.05, 4.69) is 36.7 Å². The molecule has 1 saturated heterocycles. The number of alkyl halides is 1. The summed E-state index contributed by atoms with van der Waals surface area (Å²) in [6, 6.07) is 0. The van der Waals surface area contributed by atoms with Gasteiger partial charge in [-0.1, -0.05) is 36.7 Å². The van der Waals surface area contributed by atoms with Crippen LogP contribution in [0.15, 0.2) is 0 Å². The number of halogens is 1. The van der Waals surface area contributed by atoms with Crippen LogP contribution in [0.2, 0.25) is 0 Å². The van der Waals surface area contributed by atoms with Crippen molar-refractivity contribution in [2.75, 3.05) is 11.9 Å². The summed E-state index contributed by atoms with van der Waals surface area (Å²) in [6.07, 6.45) is 3.60. The normalized spacial score (nSPS) is 31.0. The summed E-state index contributed by atoms with van der Waals surface area (Å²) >= 11 is 3.56. The SMILES string of the molecule is CC(C)(C)CC1(CBr)CCCO1. The van der Waals surface area contributed by atoms with Crippen molar-refractivity contribution in [1.82, 2.24) is 0 Å². The maximum Gasteiger partial charge on any atom is 0.0784 e. The van der Waals surface area contributed by atoms with Gasteiger partial charge in [0.2, 0.25) is 0 Å². The van der Waals surface area contributed by atoms with Crippen LogP contribution in [-0.4, -0.2) is 17.5 Å². The minimum atomic E-state index is 0.137. The molecule has 0 aromatic rings. The topological polar surface area (TPSA) is 9.23 Å². The van der Waals surface area contributed by atoms with Crippen LogP contribution in [0.25, 0.3) is 0 Å². The largest absolute Gasteiger partial charge is 0.374 e. The first-order chi connectivity index (χ1) is 5.47. The molecule has 1 atom stereocenters. The van der Waals surface area contributed by atoms with Crippen LogP contribution in [0.5, 0.6) is 0 Å². The average Bonchev–Trinajstić information content (AvgIpc) is 2.34. The molecule has 0 radical (unpaired) electrons. The van der Waals surface area contributed by atoms with E-state index >= 15 is 0 Å². The van der Waals surface area contributed by atoms with Gasteiger partial charge < -0.3 is 4.74 Å². The van der Waals surface area contributed by atoms with Crippen molar-refractivity contribution < 1.29 is 4.74 Å². The minimum Gasteiger partial charge on any atom is -0.374 e. The molecule has 1 fully saturated rings. The van der Waals surface area contributed by atoms with Crippen molar-refractivity contribution in [2.24, 2.45) is 5.41 Å². The van der Waals surface area contributed by atoms with E-state index in [1.165, 1.54) is 12.8 Å². The summed E-state index contributed by atoms with van der Waals surface area (Å²) in [6.45, 7) is 7.78. The van der Waals surface area contributed by atoms with Gasteiger partial charge in [-0.25, -0.2) is 0 Å². The average molecular weight is 235 g/mol. The Labute approximate surface area is 84.0 Å². The molecule has 0 bridgehead atoms. The van der Waals surface area contributed by atoms with E-state index in [1.807, 2.05) is 0 Å². The highest BCUT2D eigenvalue weighted by molar-refractivity contribution is 9.09. The molecule has 1 heterocycles. The Bertz CT molecular complexity index is 142. The van der Waals surface area contributed by atoms with Crippen molar-refractivity contribution in [2.45, 2.75) is 45.6 Å². The number of hydrogen-bond donors (Lipinski definition) is 0. The van der Waals surface area contributed by atoms with Crippen LogP contribution in [0.4, 0.5) is 0 Å². The quantitative estimate of drug-likeness (QED) is 0.667. The molecule has 0 aromatic heterocycles. The van der Waals surface area contributed by atoms with E-state index in [-0.39, 0.29) is 5.60 Å². The van der Waals surface area contributed by atoms with E-state index in [1.54, 1.807) is 0 Å². The Morgan fingerprint density at radius 1 is 1.42 bits per heavy atom. The third-order valence-electron chi connectivity index (χ3n) is 2.28. The standard InChI is InChI=1S/C10H19BrO/c1-9(2,3)7-10(8-11)5-4-6-12-10/h4-8H2,1-3H3. The predicted octanol–water partition coefficient (Wildman–Crippen LogP) is 3.37. The first-order valence-electron chi connectivity index (χ1n) is 4.67. The monoisotopic (exact) mass is 234 g/mol. The molecule has 2 heteroatoms. The van der Waals surface area contributed by atoms with Crippen molar-refractivity contribution in [3.05, 3.63) is 0 Å². The molecule has 12 heavy (non-hydrogen) atoms. The fourth-order valence-electron chi connectivity index (χ4n) is 2.01. The van der Waals surface area contributed by atoms with E-state index in [0.717, 1.165) is 18.4 Å². The van der Waals surface area contributed by atoms with Crippen molar-refractivity contribution >= 4 is 15.9 Å². The molecule has 1 aliphatic heterocycles. The summed E-state index contributed by atoms with van der Waals surface area (Å²) in [7, 11) is 0. The van der Waals surface area contributed by atoms with Gasteiger partial charge in [0, 0.05) is 11.9 Å². The first-order valence-corrected chi connectivity index (χ1v) is 5.80. The van der Waals surface area contributed by atoms with Crippen LogP contribution in [0.1, 0.15) is 40.0 Å². The van der Waals surface area contributed by atoms with E-state index in [9.17, 15) is 0 Å². The minimum absolute atomic E-state index is 0.137. The smallest absolute Gasteiger partial charge is 0.0784 e. The Hall–Kier alpha value is 0.440. The van der Waals surface area contributed by atoms with Gasteiger partial charge in [0.15, 0.2) is 0 Å². The fraction of sp³-hybridized carbons (Fsp3) is 1.00. The Kier molecular flexibility index (Phi) is 3.21. The summed E-state index contributed by atoms with van der Waals surface area (Å²) in [5.74, 6) is 0. The van der Waals surface area contributed by atoms with Gasteiger partial charge in [-0.15, -0.1) is 0 Å². The molecule has 1 aliphatic rings.